The van der Waals surface area contributed by atoms with Crippen molar-refractivity contribution in [1.29, 1.82) is 0 Å². The number of hydrogen-bond acceptors (Lipinski definition) is 8. The van der Waals surface area contributed by atoms with Crippen LogP contribution in [0.25, 0.3) is 0 Å². The van der Waals surface area contributed by atoms with E-state index >= 15 is 0 Å². The molecule has 0 aliphatic rings. The molecule has 13 heteroatoms. The predicted molar refractivity (Wildman–Crippen MR) is 130 cm³/mol. The summed E-state index contributed by atoms with van der Waals surface area (Å²) in [6, 6.07) is 12.2. The number of aromatic nitrogens is 2. The fourth-order valence-corrected chi connectivity index (χ4v) is 3.55. The third kappa shape index (κ3) is 7.70. The molecule has 1 aromatic heterocycles. The van der Waals surface area contributed by atoms with Gasteiger partial charge in [-0.2, -0.15) is 4.98 Å². The zero-order valence-corrected chi connectivity index (χ0v) is 20.7. The second-order valence-electron chi connectivity index (χ2n) is 7.98. The maximum atomic E-state index is 13.5. The van der Waals surface area contributed by atoms with Gasteiger partial charge in [-0.1, -0.05) is 35.9 Å². The number of aryl methyl sites for hydroxylation is 1. The third-order valence-electron chi connectivity index (χ3n) is 5.14. The van der Waals surface area contributed by atoms with Crippen molar-refractivity contribution < 1.29 is 42.1 Å². The Balaban J connectivity index is 2.02. The van der Waals surface area contributed by atoms with E-state index in [1.54, 1.807) is 0 Å². The molecule has 0 spiro atoms. The van der Waals surface area contributed by atoms with E-state index in [2.05, 4.69) is 15.0 Å². The molecule has 0 aliphatic heterocycles. The zero-order chi connectivity index (χ0) is 27.7. The van der Waals surface area contributed by atoms with E-state index in [1.807, 2.05) is 31.2 Å². The van der Waals surface area contributed by atoms with Crippen molar-refractivity contribution in [2.45, 2.75) is 19.8 Å². The minimum Gasteiger partial charge on any atom is -0.425 e. The van der Waals surface area contributed by atoms with Crippen molar-refractivity contribution in [3.8, 4) is 17.5 Å². The van der Waals surface area contributed by atoms with Gasteiger partial charge in [0.1, 0.15) is 11.5 Å². The summed E-state index contributed by atoms with van der Waals surface area (Å²) >= 11 is 0. The Kier molecular flexibility index (Phi) is 9.68. The van der Waals surface area contributed by atoms with Gasteiger partial charge in [-0.3, -0.25) is 19.1 Å². The van der Waals surface area contributed by atoms with E-state index in [9.17, 15) is 22.8 Å². The van der Waals surface area contributed by atoms with Gasteiger partial charge < -0.3 is 24.6 Å². The lowest BCUT2D eigenvalue weighted by Gasteiger charge is -2.18. The van der Waals surface area contributed by atoms with Crippen LogP contribution in [0.1, 0.15) is 21.6 Å². The number of carbonyl (C=O) groups is 2. The quantitative estimate of drug-likeness (QED) is 0.252. The Morgan fingerprint density at radius 3 is 2.55 bits per heavy atom. The summed E-state index contributed by atoms with van der Waals surface area (Å²) in [5.74, 6) is -1.13. The molecule has 0 radical (unpaired) electrons. The van der Waals surface area contributed by atoms with Crippen LogP contribution in [0.4, 0.5) is 19.0 Å². The number of nitrogens with one attached hydrogen (secondary N) is 1. The summed E-state index contributed by atoms with van der Waals surface area (Å²) < 4.78 is 54.4. The molecule has 0 bridgehead atoms. The number of benzene rings is 2. The SMILES string of the molecule is CNc1nc(Oc2cccc(OC(F)(F)F)c2)n(Cc2cccc(C)c2)c1C(=O)N(C=O)CCOCCO. The van der Waals surface area contributed by atoms with Gasteiger partial charge in [0, 0.05) is 13.1 Å². The topological polar surface area (TPSA) is 115 Å². The van der Waals surface area contributed by atoms with Crippen LogP contribution in [-0.4, -0.2) is 71.7 Å². The number of nitrogens with zero attached hydrogens (tertiary/aromatic N) is 3. The first kappa shape index (κ1) is 28.5. The highest BCUT2D eigenvalue weighted by Crippen LogP contribution is 2.32. The molecule has 2 aromatic carbocycles. The van der Waals surface area contributed by atoms with E-state index in [-0.39, 0.29) is 56.2 Å². The van der Waals surface area contributed by atoms with E-state index in [0.717, 1.165) is 28.2 Å². The minimum atomic E-state index is -4.89. The number of aliphatic hydroxyl groups excluding tert-OH is 1. The van der Waals surface area contributed by atoms with Crippen LogP contribution in [-0.2, 0) is 16.1 Å². The third-order valence-corrected chi connectivity index (χ3v) is 5.14. The molecule has 0 saturated heterocycles. The Morgan fingerprint density at radius 1 is 1.16 bits per heavy atom. The molecule has 0 atom stereocenters. The van der Waals surface area contributed by atoms with Crippen LogP contribution in [0, 0.1) is 6.92 Å². The summed E-state index contributed by atoms with van der Waals surface area (Å²) in [5, 5.41) is 11.7. The van der Waals surface area contributed by atoms with E-state index in [1.165, 1.54) is 23.7 Å². The first-order chi connectivity index (χ1) is 18.1. The molecule has 2 amide bonds. The van der Waals surface area contributed by atoms with Gasteiger partial charge in [0.05, 0.1) is 32.9 Å². The lowest BCUT2D eigenvalue weighted by Crippen LogP contribution is -2.35. The number of aliphatic hydroxyl groups is 1. The van der Waals surface area contributed by atoms with Crippen LogP contribution in [0.5, 0.6) is 17.5 Å². The van der Waals surface area contributed by atoms with Gasteiger partial charge in [-0.25, -0.2) is 0 Å². The number of hydrogen-bond donors (Lipinski definition) is 2. The van der Waals surface area contributed by atoms with Gasteiger partial charge in [-0.05, 0) is 24.6 Å². The molecule has 0 fully saturated rings. The summed E-state index contributed by atoms with van der Waals surface area (Å²) in [6.07, 6.45) is -4.53. The maximum Gasteiger partial charge on any atom is 0.573 e. The molecule has 1 heterocycles. The van der Waals surface area contributed by atoms with Crippen molar-refractivity contribution in [1.82, 2.24) is 14.5 Å². The van der Waals surface area contributed by atoms with Gasteiger partial charge >= 0.3 is 12.4 Å². The summed E-state index contributed by atoms with van der Waals surface area (Å²) in [6.45, 7) is 1.74. The summed E-state index contributed by atoms with van der Waals surface area (Å²) in [4.78, 5) is 30.4. The van der Waals surface area contributed by atoms with Crippen molar-refractivity contribution in [3.63, 3.8) is 0 Å². The van der Waals surface area contributed by atoms with Gasteiger partial charge in [-0.15, -0.1) is 13.2 Å². The molecular weight excluding hydrogens is 509 g/mol. The zero-order valence-electron chi connectivity index (χ0n) is 20.7. The van der Waals surface area contributed by atoms with E-state index in [4.69, 9.17) is 14.6 Å². The Hall–Kier alpha value is -4.10. The van der Waals surface area contributed by atoms with Crippen LogP contribution in [0.3, 0.4) is 0 Å². The highest BCUT2D eigenvalue weighted by molar-refractivity contribution is 6.02. The normalized spacial score (nSPS) is 11.2. The largest absolute Gasteiger partial charge is 0.573 e. The van der Waals surface area contributed by atoms with Crippen molar-refractivity contribution in [2.75, 3.05) is 38.7 Å². The molecule has 3 rings (SSSR count). The Morgan fingerprint density at radius 2 is 1.89 bits per heavy atom. The molecule has 0 unspecified atom stereocenters. The van der Waals surface area contributed by atoms with Crippen LogP contribution < -0.4 is 14.8 Å². The van der Waals surface area contributed by atoms with Crippen molar-refractivity contribution in [2.24, 2.45) is 0 Å². The number of alkyl halides is 3. The maximum absolute atomic E-state index is 13.5. The molecule has 38 heavy (non-hydrogen) atoms. The molecule has 2 N–H and O–H groups in total. The predicted octanol–water partition coefficient (Wildman–Crippen LogP) is 3.58. The molecular formula is C25H27F3N4O6. The summed E-state index contributed by atoms with van der Waals surface area (Å²) in [5.41, 5.74) is 1.72. The molecule has 10 nitrogen and oxygen atoms in total. The lowest BCUT2D eigenvalue weighted by molar-refractivity contribution is -0.274. The molecule has 3 aromatic rings. The number of imidazole rings is 1. The van der Waals surface area contributed by atoms with Crippen LogP contribution in [0.2, 0.25) is 0 Å². The number of rotatable bonds is 13. The standard InChI is InChI=1S/C25H27F3N4O6/c1-17-5-3-6-18(13-17)15-32-21(23(35)31(16-34)9-11-36-12-10-33)22(29-2)30-24(32)37-19-7-4-8-20(14-19)38-25(26,27)28/h3-8,13-14,16,29,33H,9-12,15H2,1-2H3. The van der Waals surface area contributed by atoms with Gasteiger partial charge in [0.25, 0.3) is 5.91 Å². The molecule has 0 aliphatic carbocycles. The average Bonchev–Trinajstić information content (AvgIpc) is 3.19. The number of carbonyl (C=O) groups excluding carboxylic acids is 2. The van der Waals surface area contributed by atoms with Crippen LogP contribution >= 0.6 is 0 Å². The van der Waals surface area contributed by atoms with Crippen molar-refractivity contribution in [3.05, 3.63) is 65.4 Å². The van der Waals surface area contributed by atoms with E-state index < -0.39 is 18.0 Å². The average molecular weight is 537 g/mol. The number of imide groups is 1. The van der Waals surface area contributed by atoms with E-state index in [0.29, 0.717) is 6.41 Å². The fraction of sp³-hybridized carbons (Fsp3) is 0.320. The Labute approximate surface area is 216 Å². The molecule has 0 saturated carbocycles. The van der Waals surface area contributed by atoms with Crippen LogP contribution in [0.15, 0.2) is 48.5 Å². The first-order valence-corrected chi connectivity index (χ1v) is 11.5. The Bertz CT molecular complexity index is 1250. The lowest BCUT2D eigenvalue weighted by atomic mass is 10.1. The molecule has 204 valence electrons. The number of amides is 2. The highest BCUT2D eigenvalue weighted by atomic mass is 19.4. The smallest absolute Gasteiger partial charge is 0.425 e. The highest BCUT2D eigenvalue weighted by Gasteiger charge is 2.31. The fourth-order valence-electron chi connectivity index (χ4n) is 3.55. The number of ether oxygens (including phenoxy) is 3. The van der Waals surface area contributed by atoms with Gasteiger partial charge in [0.2, 0.25) is 6.41 Å². The van der Waals surface area contributed by atoms with Gasteiger partial charge in [0.15, 0.2) is 11.5 Å². The minimum absolute atomic E-state index is 0.00129. The second-order valence-corrected chi connectivity index (χ2v) is 7.98. The van der Waals surface area contributed by atoms with Crippen molar-refractivity contribution >= 4 is 18.1 Å². The number of anilines is 1. The number of halogens is 3. The first-order valence-electron chi connectivity index (χ1n) is 11.5. The second kappa shape index (κ2) is 12.9. The monoisotopic (exact) mass is 536 g/mol. The summed E-state index contributed by atoms with van der Waals surface area (Å²) in [7, 11) is 1.52.